The SMILES string of the molecule is CN(Cl)N(Cl)CC(=O)c1ccccc1. The normalized spacial score (nSPS) is 10.9. The number of halogens is 2. The molecule has 0 heterocycles. The predicted octanol–water partition coefficient (Wildman–Crippen LogP) is 2.33. The average molecular weight is 233 g/mol. The van der Waals surface area contributed by atoms with Gasteiger partial charge in [-0.15, -0.1) is 9.06 Å². The molecule has 3 nitrogen and oxygen atoms in total. The Labute approximate surface area is 93.0 Å². The van der Waals surface area contributed by atoms with Crippen molar-refractivity contribution in [1.82, 2.24) is 9.06 Å². The van der Waals surface area contributed by atoms with Gasteiger partial charge in [0.25, 0.3) is 0 Å². The highest BCUT2D eigenvalue weighted by atomic mass is 35.5. The molecular formula is C9H10Cl2N2O. The first-order chi connectivity index (χ1) is 6.61. The van der Waals surface area contributed by atoms with Crippen molar-refractivity contribution in [3.63, 3.8) is 0 Å². The van der Waals surface area contributed by atoms with E-state index in [9.17, 15) is 4.79 Å². The zero-order valence-corrected chi connectivity index (χ0v) is 9.16. The molecule has 76 valence electrons. The summed E-state index contributed by atoms with van der Waals surface area (Å²) in [7, 11) is 1.55. The van der Waals surface area contributed by atoms with Crippen molar-refractivity contribution in [2.45, 2.75) is 0 Å². The second kappa shape index (κ2) is 5.32. The number of carbonyl (C=O) groups is 1. The lowest BCUT2D eigenvalue weighted by atomic mass is 10.1. The maximum Gasteiger partial charge on any atom is 0.179 e. The van der Waals surface area contributed by atoms with E-state index in [0.29, 0.717) is 5.56 Å². The molecule has 1 aromatic carbocycles. The molecule has 0 N–H and O–H groups in total. The van der Waals surface area contributed by atoms with Gasteiger partial charge in [0.1, 0.15) is 0 Å². The highest BCUT2D eigenvalue weighted by molar-refractivity contribution is 6.20. The fourth-order valence-electron chi connectivity index (χ4n) is 0.931. The van der Waals surface area contributed by atoms with Crippen molar-refractivity contribution >= 4 is 29.3 Å². The fourth-order valence-corrected chi connectivity index (χ4v) is 1.09. The number of hydrogen-bond acceptors (Lipinski definition) is 3. The van der Waals surface area contributed by atoms with E-state index in [4.69, 9.17) is 23.6 Å². The first-order valence-electron chi connectivity index (χ1n) is 4.02. The van der Waals surface area contributed by atoms with Gasteiger partial charge in [0.05, 0.1) is 6.54 Å². The largest absolute Gasteiger partial charge is 0.293 e. The van der Waals surface area contributed by atoms with E-state index in [0.717, 1.165) is 9.06 Å². The Morgan fingerprint density at radius 3 is 2.36 bits per heavy atom. The molecule has 5 heteroatoms. The van der Waals surface area contributed by atoms with Crippen molar-refractivity contribution in [1.29, 1.82) is 0 Å². The van der Waals surface area contributed by atoms with Gasteiger partial charge in [0, 0.05) is 12.6 Å². The molecule has 14 heavy (non-hydrogen) atoms. The Kier molecular flexibility index (Phi) is 4.35. The third kappa shape index (κ3) is 3.27. The molecule has 0 saturated carbocycles. The summed E-state index contributed by atoms with van der Waals surface area (Å²) in [5, 5.41) is 0. The van der Waals surface area contributed by atoms with Gasteiger partial charge in [-0.1, -0.05) is 30.3 Å². The molecule has 1 rings (SSSR count). The number of ketones is 1. The lowest BCUT2D eigenvalue weighted by Crippen LogP contribution is -2.29. The van der Waals surface area contributed by atoms with Crippen LogP contribution in [0.2, 0.25) is 0 Å². The molecule has 0 fully saturated rings. The molecule has 0 spiro atoms. The second-order valence-corrected chi connectivity index (χ2v) is 3.61. The summed E-state index contributed by atoms with van der Waals surface area (Å²) in [6.07, 6.45) is 0. The minimum Gasteiger partial charge on any atom is -0.293 e. The molecule has 0 aliphatic heterocycles. The van der Waals surface area contributed by atoms with Crippen LogP contribution in [0.15, 0.2) is 30.3 Å². The molecule has 0 atom stereocenters. The first kappa shape index (κ1) is 11.5. The maximum atomic E-state index is 11.5. The zero-order valence-electron chi connectivity index (χ0n) is 7.65. The zero-order chi connectivity index (χ0) is 10.6. The summed E-state index contributed by atoms with van der Waals surface area (Å²) in [6.45, 7) is 0.0472. The summed E-state index contributed by atoms with van der Waals surface area (Å²) in [4.78, 5) is 11.5. The van der Waals surface area contributed by atoms with Crippen molar-refractivity contribution in [2.24, 2.45) is 0 Å². The predicted molar refractivity (Wildman–Crippen MR) is 56.9 cm³/mol. The Hall–Kier alpha value is -0.610. The van der Waals surface area contributed by atoms with Crippen molar-refractivity contribution in [3.8, 4) is 0 Å². The van der Waals surface area contributed by atoms with Crippen LogP contribution < -0.4 is 0 Å². The topological polar surface area (TPSA) is 23.6 Å². The van der Waals surface area contributed by atoms with Crippen molar-refractivity contribution in [3.05, 3.63) is 35.9 Å². The van der Waals surface area contributed by atoms with Gasteiger partial charge in [-0.2, -0.15) is 0 Å². The van der Waals surface area contributed by atoms with Crippen LogP contribution in [0.5, 0.6) is 0 Å². The molecule has 0 aliphatic rings. The highest BCUT2D eigenvalue weighted by Gasteiger charge is 2.12. The number of nitrogens with zero attached hydrogens (tertiary/aromatic N) is 2. The van der Waals surface area contributed by atoms with E-state index in [1.165, 1.54) is 0 Å². The highest BCUT2D eigenvalue weighted by Crippen LogP contribution is 2.06. The summed E-state index contributed by atoms with van der Waals surface area (Å²) in [5.41, 5.74) is 0.622. The minimum atomic E-state index is -0.0758. The summed E-state index contributed by atoms with van der Waals surface area (Å²) < 4.78 is 2.24. The lowest BCUT2D eigenvalue weighted by molar-refractivity contribution is 0.0908. The van der Waals surface area contributed by atoms with E-state index >= 15 is 0 Å². The Balaban J connectivity index is 2.60. The molecule has 0 aromatic heterocycles. The van der Waals surface area contributed by atoms with Crippen LogP contribution in [0.1, 0.15) is 10.4 Å². The molecule has 1 aromatic rings. The van der Waals surface area contributed by atoms with Crippen LogP contribution in [0.3, 0.4) is 0 Å². The molecule has 0 radical (unpaired) electrons. The molecule has 0 bridgehead atoms. The fraction of sp³-hybridized carbons (Fsp3) is 0.222. The summed E-state index contributed by atoms with van der Waals surface area (Å²) in [6, 6.07) is 8.93. The third-order valence-corrected chi connectivity index (χ3v) is 2.28. The van der Waals surface area contributed by atoms with Gasteiger partial charge in [-0.3, -0.25) is 4.79 Å². The third-order valence-electron chi connectivity index (χ3n) is 1.67. The second-order valence-electron chi connectivity index (χ2n) is 2.73. The number of carbonyl (C=O) groups excluding carboxylic acids is 1. The molecule has 0 saturated heterocycles. The van der Waals surface area contributed by atoms with E-state index < -0.39 is 0 Å². The van der Waals surface area contributed by atoms with Crippen LogP contribution >= 0.6 is 23.6 Å². The lowest BCUT2D eigenvalue weighted by Gasteiger charge is -2.16. The number of hydrazine groups is 1. The number of hydrogen-bond donors (Lipinski definition) is 0. The van der Waals surface area contributed by atoms with Gasteiger partial charge < -0.3 is 0 Å². The Morgan fingerprint density at radius 1 is 1.29 bits per heavy atom. The van der Waals surface area contributed by atoms with Crippen LogP contribution in [0, 0.1) is 0 Å². The van der Waals surface area contributed by atoms with Gasteiger partial charge in [0.15, 0.2) is 5.78 Å². The molecule has 0 unspecified atom stereocenters. The van der Waals surface area contributed by atoms with E-state index in [1.807, 2.05) is 6.07 Å². The molecule has 0 aliphatic carbocycles. The van der Waals surface area contributed by atoms with E-state index in [-0.39, 0.29) is 12.3 Å². The molecule has 0 amide bonds. The number of rotatable bonds is 4. The van der Waals surface area contributed by atoms with Crippen LogP contribution in [-0.4, -0.2) is 28.4 Å². The standard InChI is InChI=1S/C9H10Cl2N2O/c1-12(10)13(11)7-9(14)8-5-3-2-4-6-8/h2-6H,7H2,1H3. The quantitative estimate of drug-likeness (QED) is 0.453. The Morgan fingerprint density at radius 2 is 1.86 bits per heavy atom. The number of benzene rings is 1. The summed E-state index contributed by atoms with van der Waals surface area (Å²) >= 11 is 11.2. The first-order valence-corrected chi connectivity index (χ1v) is 4.70. The van der Waals surface area contributed by atoms with Crippen LogP contribution in [0.4, 0.5) is 0 Å². The maximum absolute atomic E-state index is 11.5. The van der Waals surface area contributed by atoms with Crippen molar-refractivity contribution in [2.75, 3.05) is 13.6 Å². The van der Waals surface area contributed by atoms with E-state index in [2.05, 4.69) is 0 Å². The van der Waals surface area contributed by atoms with Gasteiger partial charge >= 0.3 is 0 Å². The minimum absolute atomic E-state index is 0.0472. The van der Waals surface area contributed by atoms with Crippen LogP contribution in [0.25, 0.3) is 0 Å². The monoisotopic (exact) mass is 232 g/mol. The van der Waals surface area contributed by atoms with E-state index in [1.54, 1.807) is 31.3 Å². The van der Waals surface area contributed by atoms with Gasteiger partial charge in [-0.05, 0) is 23.6 Å². The van der Waals surface area contributed by atoms with Gasteiger partial charge in [0.2, 0.25) is 0 Å². The smallest absolute Gasteiger partial charge is 0.179 e. The average Bonchev–Trinajstić information content (AvgIpc) is 2.19. The molecular weight excluding hydrogens is 223 g/mol. The number of Topliss-reactive ketones (excluding diaryl/α,β-unsaturated/α-hetero) is 1. The summed E-state index contributed by atoms with van der Waals surface area (Å²) in [5.74, 6) is -0.0758. The van der Waals surface area contributed by atoms with Crippen molar-refractivity contribution < 1.29 is 4.79 Å². The van der Waals surface area contributed by atoms with Gasteiger partial charge in [-0.25, -0.2) is 0 Å². The van der Waals surface area contributed by atoms with Crippen LogP contribution in [-0.2, 0) is 0 Å². The Bertz CT molecular complexity index is 303.